The third-order valence-corrected chi connectivity index (χ3v) is 9.55. The van der Waals surface area contributed by atoms with Gasteiger partial charge in [0.1, 0.15) is 17.3 Å². The number of aliphatic hydroxyl groups is 1. The highest BCUT2D eigenvalue weighted by atomic mass is 16.6. The summed E-state index contributed by atoms with van der Waals surface area (Å²) in [5.41, 5.74) is 0.540. The zero-order valence-electron chi connectivity index (χ0n) is 30.3. The van der Waals surface area contributed by atoms with Crippen molar-refractivity contribution >= 4 is 60.6 Å². The van der Waals surface area contributed by atoms with Crippen molar-refractivity contribution in [1.29, 1.82) is 0 Å². The molecule has 5 aromatic rings. The van der Waals surface area contributed by atoms with Gasteiger partial charge < -0.3 is 53.8 Å². The maximum absolute atomic E-state index is 13.9. The van der Waals surface area contributed by atoms with Crippen molar-refractivity contribution in [1.82, 2.24) is 0 Å². The molecule has 0 fully saturated rings. The number of hydrogen-bond acceptors (Lipinski definition) is 14. The van der Waals surface area contributed by atoms with Crippen molar-refractivity contribution in [2.75, 3.05) is 92.7 Å². The van der Waals surface area contributed by atoms with E-state index in [0.717, 1.165) is 0 Å². The van der Waals surface area contributed by atoms with Crippen LogP contribution in [-0.2, 0) is 23.7 Å². The molecule has 14 nitrogen and oxygen atoms in total. The second-order valence-corrected chi connectivity index (χ2v) is 12.6. The molecule has 1 unspecified atom stereocenters. The molecule has 14 heteroatoms. The Morgan fingerprint density at radius 3 is 1.70 bits per heavy atom. The van der Waals surface area contributed by atoms with Crippen LogP contribution in [0.3, 0.4) is 0 Å². The highest BCUT2D eigenvalue weighted by Gasteiger charge is 2.37. The molecule has 6 rings (SSSR count). The third-order valence-electron chi connectivity index (χ3n) is 9.55. The molecule has 0 saturated heterocycles. The average molecular weight is 734 g/mol. The number of benzene rings is 5. The van der Waals surface area contributed by atoms with E-state index < -0.39 is 22.5 Å². The fraction of sp³-hybridized carbons (Fsp3) is 0.410. The lowest BCUT2D eigenvalue weighted by atomic mass is 9.80. The molecular formula is C39H43NO13. The summed E-state index contributed by atoms with van der Waals surface area (Å²) in [6.07, 6.45) is 1.78. The van der Waals surface area contributed by atoms with Crippen LogP contribution in [0.25, 0.3) is 49.2 Å². The number of nitrogens with one attached hydrogen (secondary N) is 1. The maximum atomic E-state index is 13.9. The molecular weight excluding hydrogens is 690 g/mol. The van der Waals surface area contributed by atoms with Crippen molar-refractivity contribution in [2.45, 2.75) is 19.8 Å². The van der Waals surface area contributed by atoms with Crippen molar-refractivity contribution in [3.8, 4) is 28.7 Å². The summed E-state index contributed by atoms with van der Waals surface area (Å²) in [5.74, 6) is -1.62. The molecule has 0 aromatic heterocycles. The first-order valence-corrected chi connectivity index (χ1v) is 17.2. The summed E-state index contributed by atoms with van der Waals surface area (Å²) in [4.78, 5) is 41.2. The Balaban J connectivity index is 1.47. The minimum atomic E-state index is -0.922. The van der Waals surface area contributed by atoms with E-state index in [2.05, 4.69) is 5.32 Å². The molecule has 1 aliphatic rings. The number of rotatable bonds is 19. The molecule has 0 saturated carbocycles. The van der Waals surface area contributed by atoms with Gasteiger partial charge in [-0.25, -0.2) is 0 Å². The van der Waals surface area contributed by atoms with Gasteiger partial charge in [0.15, 0.2) is 28.1 Å². The maximum Gasteiger partial charge on any atom is 0.194 e. The van der Waals surface area contributed by atoms with Gasteiger partial charge in [-0.15, -0.1) is 0 Å². The first kappa shape index (κ1) is 37.8. The fourth-order valence-corrected chi connectivity index (χ4v) is 7.52. The van der Waals surface area contributed by atoms with Gasteiger partial charge in [-0.2, -0.15) is 0 Å². The number of carbonyl (C=O) groups is 1. The average Bonchev–Trinajstić information content (AvgIpc) is 3.26. The van der Waals surface area contributed by atoms with Gasteiger partial charge in [0.25, 0.3) is 0 Å². The highest BCUT2D eigenvalue weighted by Crippen LogP contribution is 2.58. The molecule has 1 atom stereocenters. The number of hydrogen-bond donors (Lipinski definition) is 4. The van der Waals surface area contributed by atoms with E-state index >= 15 is 0 Å². The molecule has 4 N–H and O–H groups in total. The Labute approximate surface area is 304 Å². The fourth-order valence-electron chi connectivity index (χ4n) is 7.52. The number of aliphatic hydroxyl groups excluding tert-OH is 1. The molecule has 0 aliphatic heterocycles. The Hall–Kier alpha value is -4.99. The largest absolute Gasteiger partial charge is 0.505 e. The summed E-state index contributed by atoms with van der Waals surface area (Å²) in [6.45, 7) is 6.04. The quantitative estimate of drug-likeness (QED) is 0.0414. The predicted molar refractivity (Wildman–Crippen MR) is 200 cm³/mol. The number of ketones is 1. The molecule has 53 heavy (non-hydrogen) atoms. The number of phenolic OH excluding ortho intramolecular Hbond substituents is 2. The second-order valence-electron chi connectivity index (χ2n) is 12.6. The summed E-state index contributed by atoms with van der Waals surface area (Å²) < 4.78 is 39.1. The Morgan fingerprint density at radius 2 is 1.19 bits per heavy atom. The van der Waals surface area contributed by atoms with Crippen LogP contribution in [0.2, 0.25) is 0 Å². The summed E-state index contributed by atoms with van der Waals surface area (Å²) >= 11 is 0. The first-order chi connectivity index (χ1) is 25.6. The zero-order chi connectivity index (χ0) is 38.0. The predicted octanol–water partition coefficient (Wildman–Crippen LogP) is 3.89. The molecule has 5 aromatic carbocycles. The third kappa shape index (κ3) is 6.50. The Morgan fingerprint density at radius 1 is 0.679 bits per heavy atom. The lowest BCUT2D eigenvalue weighted by molar-refractivity contribution is -0.117. The standard InChI is InChI=1S/C39H43NO13/c1-19-16-21-27-32-28(37(45)36(21)40-6-8-50-10-12-52-14-15-53-13-11-51-9-7-41)22(43)17-24(47-3)30(32)31-25(48-4)18-23(44)29-34(31)33(27)35(26(19)20(2)42)39(49-5)38(29)46/h16-18,26,40-41,45-46H,6-15H2,1-5H3. The van der Waals surface area contributed by atoms with E-state index in [1.165, 1.54) is 40.4 Å². The monoisotopic (exact) mass is 733 g/mol. The van der Waals surface area contributed by atoms with Crippen LogP contribution in [0.4, 0.5) is 5.69 Å². The summed E-state index contributed by atoms with van der Waals surface area (Å²) in [5, 5.41) is 37.9. The molecule has 0 spiro atoms. The number of anilines is 1. The van der Waals surface area contributed by atoms with E-state index in [0.29, 0.717) is 88.7 Å². The normalized spacial score (nSPS) is 14.1. The van der Waals surface area contributed by atoms with Gasteiger partial charge in [-0.3, -0.25) is 14.4 Å². The van der Waals surface area contributed by atoms with Crippen LogP contribution in [0.5, 0.6) is 28.7 Å². The lowest BCUT2D eigenvalue weighted by Gasteiger charge is -2.25. The van der Waals surface area contributed by atoms with Gasteiger partial charge in [-0.05, 0) is 19.2 Å². The van der Waals surface area contributed by atoms with Crippen LogP contribution in [-0.4, -0.2) is 108 Å². The van der Waals surface area contributed by atoms with E-state index in [4.69, 9.17) is 38.3 Å². The van der Waals surface area contributed by atoms with Crippen LogP contribution in [0, 0.1) is 0 Å². The minimum absolute atomic E-state index is 0.00378. The van der Waals surface area contributed by atoms with Gasteiger partial charge in [-0.1, -0.05) is 11.6 Å². The SMILES string of the molecule is COc1c(O)c2c(=O)cc(OC)c3c4c(OC)cc(=O)c5c(O)c(NCCOCCOCCOCCOCCO)c6c(c(c1C(C(C)=O)C(C)=C6)c23)c54. The molecule has 0 amide bonds. The number of Topliss-reactive ketones (excluding diaryl/α,β-unsaturated/α-hetero) is 1. The number of ether oxygens (including phenoxy) is 7. The number of carbonyl (C=O) groups excluding carboxylic acids is 1. The van der Waals surface area contributed by atoms with Crippen LogP contribution < -0.4 is 30.4 Å². The van der Waals surface area contributed by atoms with Gasteiger partial charge in [0.05, 0.1) is 103 Å². The first-order valence-electron chi connectivity index (χ1n) is 17.2. The number of phenols is 2. The van der Waals surface area contributed by atoms with Crippen molar-refractivity contribution in [2.24, 2.45) is 0 Å². The minimum Gasteiger partial charge on any atom is -0.505 e. The lowest BCUT2D eigenvalue weighted by Crippen LogP contribution is -2.15. The smallest absolute Gasteiger partial charge is 0.194 e. The van der Waals surface area contributed by atoms with Crippen LogP contribution in [0.15, 0.2) is 27.3 Å². The van der Waals surface area contributed by atoms with E-state index in [9.17, 15) is 24.6 Å². The van der Waals surface area contributed by atoms with E-state index in [1.54, 1.807) is 13.0 Å². The summed E-state index contributed by atoms with van der Waals surface area (Å²) in [6, 6.07) is 2.52. The molecule has 1 aliphatic carbocycles. The van der Waals surface area contributed by atoms with Gasteiger partial charge in [0, 0.05) is 56.7 Å². The number of allylic oxidation sites excluding steroid dienone is 1. The van der Waals surface area contributed by atoms with Crippen molar-refractivity contribution in [3.63, 3.8) is 0 Å². The Bertz CT molecular complexity index is 2320. The molecule has 0 radical (unpaired) electrons. The summed E-state index contributed by atoms with van der Waals surface area (Å²) in [7, 11) is 4.17. The molecule has 282 valence electrons. The van der Waals surface area contributed by atoms with E-state index in [1.807, 2.05) is 0 Å². The highest BCUT2D eigenvalue weighted by molar-refractivity contribution is 6.40. The van der Waals surface area contributed by atoms with E-state index in [-0.39, 0.29) is 71.6 Å². The topological polar surface area (TPSA) is 189 Å². The van der Waals surface area contributed by atoms with Crippen molar-refractivity contribution in [3.05, 3.63) is 49.3 Å². The molecule has 0 heterocycles. The second kappa shape index (κ2) is 15.9. The van der Waals surface area contributed by atoms with Gasteiger partial charge >= 0.3 is 0 Å². The van der Waals surface area contributed by atoms with Crippen molar-refractivity contribution < 1.29 is 53.3 Å². The number of aromatic hydroxyl groups is 2. The van der Waals surface area contributed by atoms with Gasteiger partial charge in [0.2, 0.25) is 0 Å². The molecule has 0 bridgehead atoms. The van der Waals surface area contributed by atoms with Crippen LogP contribution >= 0.6 is 0 Å². The zero-order valence-corrected chi connectivity index (χ0v) is 30.3. The Kier molecular flexibility index (Phi) is 11.4. The van der Waals surface area contributed by atoms with Crippen LogP contribution in [0.1, 0.15) is 30.9 Å². The number of fused-ring (bicyclic) bond motifs is 1. The number of methoxy groups -OCH3 is 3.